The molecule has 0 N–H and O–H groups in total. The molecule has 0 fully saturated rings. The normalized spacial score (nSPS) is 10.6. The van der Waals surface area contributed by atoms with Crippen molar-refractivity contribution < 1.29 is 4.42 Å². The quantitative estimate of drug-likeness (QED) is 0.690. The lowest BCUT2D eigenvalue weighted by Crippen LogP contribution is -2.10. The van der Waals surface area contributed by atoms with E-state index in [1.54, 1.807) is 6.07 Å². The lowest BCUT2D eigenvalue weighted by Gasteiger charge is -2.09. The van der Waals surface area contributed by atoms with Gasteiger partial charge in [0, 0.05) is 5.56 Å². The van der Waals surface area contributed by atoms with Crippen LogP contribution < -0.4 is 5.63 Å². The fourth-order valence-electron chi connectivity index (χ4n) is 1.41. The largest absolute Gasteiger partial charge is 0.431 e. The van der Waals surface area contributed by atoms with Gasteiger partial charge in [-0.25, -0.2) is 4.79 Å². The van der Waals surface area contributed by atoms with E-state index in [4.69, 9.17) is 4.42 Å². The average molecular weight is 166 g/mol. The number of rotatable bonds is 3. The Morgan fingerprint density at radius 1 is 1.42 bits per heavy atom. The van der Waals surface area contributed by atoms with Crippen LogP contribution in [0.4, 0.5) is 0 Å². The molecular formula is C10H14O2. The number of hydrogen-bond acceptors (Lipinski definition) is 2. The smallest absolute Gasteiger partial charge is 0.339 e. The molecule has 0 spiro atoms. The van der Waals surface area contributed by atoms with Gasteiger partial charge in [0.15, 0.2) is 0 Å². The van der Waals surface area contributed by atoms with Crippen LogP contribution in [-0.4, -0.2) is 0 Å². The zero-order valence-corrected chi connectivity index (χ0v) is 7.54. The van der Waals surface area contributed by atoms with E-state index in [0.29, 0.717) is 5.92 Å². The average Bonchev–Trinajstić information content (AvgIpc) is 2.10. The maximum Gasteiger partial charge on any atom is 0.339 e. The van der Waals surface area contributed by atoms with Gasteiger partial charge >= 0.3 is 5.63 Å². The Balaban J connectivity index is 3.00. The van der Waals surface area contributed by atoms with E-state index >= 15 is 0 Å². The predicted molar refractivity (Wildman–Crippen MR) is 48.3 cm³/mol. The minimum absolute atomic E-state index is 0.189. The predicted octanol–water partition coefficient (Wildman–Crippen LogP) is 2.54. The molecule has 0 unspecified atom stereocenters. The molecule has 0 saturated heterocycles. The van der Waals surface area contributed by atoms with Crippen molar-refractivity contribution in [2.24, 2.45) is 0 Å². The van der Waals surface area contributed by atoms with Crippen molar-refractivity contribution in [1.82, 2.24) is 0 Å². The van der Waals surface area contributed by atoms with Crippen molar-refractivity contribution in [3.63, 3.8) is 0 Å². The zero-order chi connectivity index (χ0) is 8.97. The first-order valence-electron chi connectivity index (χ1n) is 4.37. The van der Waals surface area contributed by atoms with Crippen LogP contribution in [-0.2, 0) is 0 Å². The fourth-order valence-corrected chi connectivity index (χ4v) is 1.41. The van der Waals surface area contributed by atoms with Gasteiger partial charge in [0.25, 0.3) is 0 Å². The van der Waals surface area contributed by atoms with Crippen LogP contribution in [0.25, 0.3) is 0 Å². The second-order valence-corrected chi connectivity index (χ2v) is 2.87. The van der Waals surface area contributed by atoms with E-state index < -0.39 is 0 Å². The highest BCUT2D eigenvalue weighted by molar-refractivity contribution is 5.12. The first-order valence-corrected chi connectivity index (χ1v) is 4.37. The highest BCUT2D eigenvalue weighted by atomic mass is 16.4. The van der Waals surface area contributed by atoms with Crippen LogP contribution in [0.3, 0.4) is 0 Å². The lowest BCUT2D eigenvalue weighted by molar-refractivity contribution is 0.485. The summed E-state index contributed by atoms with van der Waals surface area (Å²) in [5, 5.41) is 0. The Morgan fingerprint density at radius 2 is 2.08 bits per heavy atom. The topological polar surface area (TPSA) is 30.2 Å². The molecule has 2 nitrogen and oxygen atoms in total. The van der Waals surface area contributed by atoms with E-state index in [-0.39, 0.29) is 5.63 Å². The lowest BCUT2D eigenvalue weighted by atomic mass is 9.96. The zero-order valence-electron chi connectivity index (χ0n) is 7.54. The molecule has 0 aromatic carbocycles. The SMILES string of the molecule is CCC(CC)c1cccoc1=O. The van der Waals surface area contributed by atoms with Gasteiger partial charge in [0.2, 0.25) is 0 Å². The van der Waals surface area contributed by atoms with Gasteiger partial charge in [-0.05, 0) is 30.9 Å². The molecule has 1 aromatic heterocycles. The van der Waals surface area contributed by atoms with Crippen LogP contribution in [0, 0.1) is 0 Å². The molecule has 0 aliphatic rings. The van der Waals surface area contributed by atoms with Gasteiger partial charge in [0.05, 0.1) is 6.26 Å². The Hall–Kier alpha value is -1.05. The van der Waals surface area contributed by atoms with Crippen molar-refractivity contribution >= 4 is 0 Å². The van der Waals surface area contributed by atoms with E-state index in [1.165, 1.54) is 6.26 Å². The molecule has 0 amide bonds. The van der Waals surface area contributed by atoms with Crippen LogP contribution >= 0.6 is 0 Å². The van der Waals surface area contributed by atoms with Crippen molar-refractivity contribution in [2.45, 2.75) is 32.6 Å². The molecule has 0 aliphatic carbocycles. The molecular weight excluding hydrogens is 152 g/mol. The second kappa shape index (κ2) is 4.10. The molecule has 0 radical (unpaired) electrons. The summed E-state index contributed by atoms with van der Waals surface area (Å²) in [6.45, 7) is 4.17. The highest BCUT2D eigenvalue weighted by Gasteiger charge is 2.10. The van der Waals surface area contributed by atoms with E-state index in [2.05, 4.69) is 13.8 Å². The molecule has 1 heterocycles. The van der Waals surface area contributed by atoms with E-state index in [1.807, 2.05) is 6.07 Å². The summed E-state index contributed by atoms with van der Waals surface area (Å²) in [4.78, 5) is 11.2. The van der Waals surface area contributed by atoms with Crippen LogP contribution in [0.1, 0.15) is 38.2 Å². The van der Waals surface area contributed by atoms with Crippen molar-refractivity contribution in [3.8, 4) is 0 Å². The summed E-state index contributed by atoms with van der Waals surface area (Å²) in [6.07, 6.45) is 3.41. The first-order chi connectivity index (χ1) is 5.79. The van der Waals surface area contributed by atoms with Crippen molar-refractivity contribution in [2.75, 3.05) is 0 Å². The molecule has 66 valence electrons. The highest BCUT2D eigenvalue weighted by Crippen LogP contribution is 2.18. The molecule has 2 heteroatoms. The van der Waals surface area contributed by atoms with Gasteiger partial charge < -0.3 is 4.42 Å². The molecule has 0 bridgehead atoms. The summed E-state index contributed by atoms with van der Waals surface area (Å²) in [5.41, 5.74) is 0.619. The van der Waals surface area contributed by atoms with Crippen molar-refractivity contribution in [3.05, 3.63) is 34.4 Å². The maximum absolute atomic E-state index is 11.2. The minimum Gasteiger partial charge on any atom is -0.431 e. The molecule has 0 atom stereocenters. The van der Waals surface area contributed by atoms with E-state index in [0.717, 1.165) is 18.4 Å². The summed E-state index contributed by atoms with van der Waals surface area (Å²) in [7, 11) is 0. The van der Waals surface area contributed by atoms with Crippen LogP contribution in [0.15, 0.2) is 27.6 Å². The fraction of sp³-hybridized carbons (Fsp3) is 0.500. The molecule has 12 heavy (non-hydrogen) atoms. The molecule has 1 aromatic rings. The summed E-state index contributed by atoms with van der Waals surface area (Å²) in [6, 6.07) is 3.62. The van der Waals surface area contributed by atoms with Crippen LogP contribution in [0.2, 0.25) is 0 Å². The minimum atomic E-state index is -0.189. The number of hydrogen-bond donors (Lipinski definition) is 0. The van der Waals surface area contributed by atoms with Gasteiger partial charge in [-0.1, -0.05) is 13.8 Å². The Morgan fingerprint density at radius 3 is 2.58 bits per heavy atom. The molecule has 0 saturated carbocycles. The summed E-state index contributed by atoms with van der Waals surface area (Å²) < 4.78 is 4.79. The Labute approximate surface area is 72.2 Å². The maximum atomic E-state index is 11.2. The third-order valence-corrected chi connectivity index (χ3v) is 2.19. The molecule has 1 rings (SSSR count). The Bertz CT molecular complexity index is 284. The van der Waals surface area contributed by atoms with Crippen LogP contribution in [0.5, 0.6) is 0 Å². The van der Waals surface area contributed by atoms with Gasteiger partial charge in [0.1, 0.15) is 0 Å². The first kappa shape index (κ1) is 9.04. The van der Waals surface area contributed by atoms with Crippen molar-refractivity contribution in [1.29, 1.82) is 0 Å². The third kappa shape index (κ3) is 1.76. The van der Waals surface area contributed by atoms with Gasteiger partial charge in [-0.15, -0.1) is 0 Å². The molecule has 0 aliphatic heterocycles. The second-order valence-electron chi connectivity index (χ2n) is 2.87. The standard InChI is InChI=1S/C10H14O2/c1-3-8(4-2)9-6-5-7-12-10(9)11/h5-8H,3-4H2,1-2H3. The van der Waals surface area contributed by atoms with Gasteiger partial charge in [-0.3, -0.25) is 0 Å². The monoisotopic (exact) mass is 166 g/mol. The van der Waals surface area contributed by atoms with E-state index in [9.17, 15) is 4.79 Å². The summed E-state index contributed by atoms with van der Waals surface area (Å²) >= 11 is 0. The summed E-state index contributed by atoms with van der Waals surface area (Å²) in [5.74, 6) is 0.349. The third-order valence-electron chi connectivity index (χ3n) is 2.19. The Kier molecular flexibility index (Phi) is 3.09. The van der Waals surface area contributed by atoms with Gasteiger partial charge in [-0.2, -0.15) is 0 Å².